The zero-order valence-corrected chi connectivity index (χ0v) is 5.90. The van der Waals surface area contributed by atoms with Gasteiger partial charge in [0.25, 0.3) is 0 Å². The summed E-state index contributed by atoms with van der Waals surface area (Å²) in [6.07, 6.45) is 5.22. The smallest absolute Gasteiger partial charge is 0.00790 e. The standard InChI is InChI=1S/C7H16N2/c8-5-4-7-3-1-2-6-9-7/h7,9H,1-6,8H2. The van der Waals surface area contributed by atoms with Crippen molar-refractivity contribution in [2.24, 2.45) is 5.73 Å². The van der Waals surface area contributed by atoms with Gasteiger partial charge in [0.1, 0.15) is 0 Å². The molecule has 9 heavy (non-hydrogen) atoms. The van der Waals surface area contributed by atoms with Gasteiger partial charge in [-0.15, -0.1) is 0 Å². The van der Waals surface area contributed by atoms with E-state index in [-0.39, 0.29) is 0 Å². The van der Waals surface area contributed by atoms with Crippen LogP contribution in [-0.2, 0) is 0 Å². The Bertz CT molecular complexity index is 64.6. The predicted molar refractivity (Wildman–Crippen MR) is 39.3 cm³/mol. The van der Waals surface area contributed by atoms with Crippen LogP contribution in [-0.4, -0.2) is 19.1 Å². The summed E-state index contributed by atoms with van der Waals surface area (Å²) in [5, 5.41) is 3.44. The molecule has 1 heterocycles. The van der Waals surface area contributed by atoms with E-state index in [0.717, 1.165) is 19.0 Å². The van der Waals surface area contributed by atoms with Gasteiger partial charge in [0.2, 0.25) is 0 Å². The van der Waals surface area contributed by atoms with Gasteiger partial charge in [-0.05, 0) is 32.4 Å². The van der Waals surface area contributed by atoms with Gasteiger partial charge in [0.15, 0.2) is 0 Å². The molecule has 1 aliphatic rings. The van der Waals surface area contributed by atoms with Gasteiger partial charge in [-0.2, -0.15) is 0 Å². The molecule has 0 aromatic heterocycles. The topological polar surface area (TPSA) is 38.0 Å². The second-order valence-electron chi connectivity index (χ2n) is 2.72. The molecule has 2 nitrogen and oxygen atoms in total. The first kappa shape index (κ1) is 7.03. The molecule has 0 amide bonds. The van der Waals surface area contributed by atoms with Gasteiger partial charge in [-0.1, -0.05) is 6.42 Å². The van der Waals surface area contributed by atoms with Crippen molar-refractivity contribution in [3.63, 3.8) is 0 Å². The van der Waals surface area contributed by atoms with E-state index in [9.17, 15) is 0 Å². The van der Waals surface area contributed by atoms with Gasteiger partial charge in [0.05, 0.1) is 0 Å². The molecule has 0 spiro atoms. The molecule has 1 aliphatic heterocycles. The second-order valence-corrected chi connectivity index (χ2v) is 2.72. The first-order chi connectivity index (χ1) is 4.43. The Labute approximate surface area is 56.8 Å². The summed E-state index contributed by atoms with van der Waals surface area (Å²) >= 11 is 0. The first-order valence-corrected chi connectivity index (χ1v) is 3.87. The monoisotopic (exact) mass is 128 g/mol. The number of hydrogen-bond acceptors (Lipinski definition) is 2. The zero-order chi connectivity index (χ0) is 6.53. The molecule has 0 aromatic carbocycles. The van der Waals surface area contributed by atoms with Gasteiger partial charge < -0.3 is 11.1 Å². The highest BCUT2D eigenvalue weighted by molar-refractivity contribution is 4.71. The SMILES string of the molecule is NCCC1CCCCN1. The molecule has 0 saturated carbocycles. The van der Waals surface area contributed by atoms with E-state index in [1.807, 2.05) is 0 Å². The molecule has 54 valence electrons. The average molecular weight is 128 g/mol. The van der Waals surface area contributed by atoms with Crippen molar-refractivity contribution in [2.45, 2.75) is 31.7 Å². The first-order valence-electron chi connectivity index (χ1n) is 3.87. The van der Waals surface area contributed by atoms with Crippen molar-refractivity contribution in [3.8, 4) is 0 Å². The van der Waals surface area contributed by atoms with Crippen LogP contribution in [0.2, 0.25) is 0 Å². The molecule has 1 unspecified atom stereocenters. The van der Waals surface area contributed by atoms with Crippen LogP contribution in [0.25, 0.3) is 0 Å². The fourth-order valence-electron chi connectivity index (χ4n) is 1.37. The van der Waals surface area contributed by atoms with Crippen molar-refractivity contribution in [2.75, 3.05) is 13.1 Å². The largest absolute Gasteiger partial charge is 0.330 e. The number of hydrogen-bond donors (Lipinski definition) is 2. The maximum Gasteiger partial charge on any atom is 0.00790 e. The average Bonchev–Trinajstić information content (AvgIpc) is 1.91. The molecular formula is C7H16N2. The fourth-order valence-corrected chi connectivity index (χ4v) is 1.37. The Hall–Kier alpha value is -0.0800. The van der Waals surface area contributed by atoms with Gasteiger partial charge in [-0.3, -0.25) is 0 Å². The van der Waals surface area contributed by atoms with Crippen LogP contribution in [0.3, 0.4) is 0 Å². The van der Waals surface area contributed by atoms with Crippen LogP contribution in [0.15, 0.2) is 0 Å². The highest BCUT2D eigenvalue weighted by atomic mass is 14.9. The normalized spacial score (nSPS) is 28.3. The summed E-state index contributed by atoms with van der Waals surface area (Å²) in [6.45, 7) is 2.03. The van der Waals surface area contributed by atoms with Crippen LogP contribution in [0.5, 0.6) is 0 Å². The Morgan fingerprint density at radius 2 is 2.33 bits per heavy atom. The molecule has 1 rings (SSSR count). The van der Waals surface area contributed by atoms with Gasteiger partial charge >= 0.3 is 0 Å². The molecule has 0 aliphatic carbocycles. The van der Waals surface area contributed by atoms with Crippen molar-refractivity contribution >= 4 is 0 Å². The van der Waals surface area contributed by atoms with E-state index in [4.69, 9.17) is 5.73 Å². The minimum absolute atomic E-state index is 0.726. The third-order valence-corrected chi connectivity index (χ3v) is 1.93. The summed E-state index contributed by atoms with van der Waals surface area (Å²) < 4.78 is 0. The Balaban J connectivity index is 2.08. The fraction of sp³-hybridized carbons (Fsp3) is 1.00. The molecule has 2 heteroatoms. The van der Waals surface area contributed by atoms with E-state index in [2.05, 4.69) is 5.32 Å². The molecule has 1 saturated heterocycles. The number of nitrogens with one attached hydrogen (secondary N) is 1. The summed E-state index contributed by atoms with van der Waals surface area (Å²) in [4.78, 5) is 0. The molecule has 0 bridgehead atoms. The lowest BCUT2D eigenvalue weighted by Gasteiger charge is -2.22. The van der Waals surface area contributed by atoms with E-state index in [1.54, 1.807) is 0 Å². The van der Waals surface area contributed by atoms with Crippen molar-refractivity contribution in [1.29, 1.82) is 0 Å². The lowest BCUT2D eigenvalue weighted by Crippen LogP contribution is -2.35. The van der Waals surface area contributed by atoms with Crippen LogP contribution >= 0.6 is 0 Å². The summed E-state index contributed by atoms with van der Waals surface area (Å²) in [6, 6.07) is 0.726. The lowest BCUT2D eigenvalue weighted by atomic mass is 10.0. The highest BCUT2D eigenvalue weighted by Gasteiger charge is 2.09. The minimum Gasteiger partial charge on any atom is -0.330 e. The highest BCUT2D eigenvalue weighted by Crippen LogP contribution is 2.08. The predicted octanol–water partition coefficient (Wildman–Crippen LogP) is 0.477. The maximum atomic E-state index is 5.42. The summed E-state index contributed by atoms with van der Waals surface area (Å²) in [5.41, 5.74) is 5.42. The molecule has 1 fully saturated rings. The second kappa shape index (κ2) is 3.85. The Kier molecular flexibility index (Phi) is 3.01. The number of nitrogens with two attached hydrogens (primary N) is 1. The van der Waals surface area contributed by atoms with Gasteiger partial charge in [0, 0.05) is 6.04 Å². The van der Waals surface area contributed by atoms with Crippen LogP contribution < -0.4 is 11.1 Å². The van der Waals surface area contributed by atoms with E-state index >= 15 is 0 Å². The molecule has 0 aromatic rings. The number of rotatable bonds is 2. The maximum absolute atomic E-state index is 5.42. The molecular weight excluding hydrogens is 112 g/mol. The minimum atomic E-state index is 0.726. The van der Waals surface area contributed by atoms with Crippen molar-refractivity contribution < 1.29 is 0 Å². The third-order valence-electron chi connectivity index (χ3n) is 1.93. The quantitative estimate of drug-likeness (QED) is 0.567. The number of piperidine rings is 1. The van der Waals surface area contributed by atoms with Crippen molar-refractivity contribution in [3.05, 3.63) is 0 Å². The lowest BCUT2D eigenvalue weighted by molar-refractivity contribution is 0.386. The zero-order valence-electron chi connectivity index (χ0n) is 5.90. The Morgan fingerprint density at radius 3 is 2.89 bits per heavy atom. The van der Waals surface area contributed by atoms with E-state index in [1.165, 1.54) is 25.8 Å². The third kappa shape index (κ3) is 2.33. The van der Waals surface area contributed by atoms with Crippen molar-refractivity contribution in [1.82, 2.24) is 5.32 Å². The Morgan fingerprint density at radius 1 is 1.44 bits per heavy atom. The molecule has 0 radical (unpaired) electrons. The van der Waals surface area contributed by atoms with Crippen LogP contribution in [0.4, 0.5) is 0 Å². The molecule has 3 N–H and O–H groups in total. The van der Waals surface area contributed by atoms with E-state index in [0.29, 0.717) is 0 Å². The van der Waals surface area contributed by atoms with E-state index < -0.39 is 0 Å². The van der Waals surface area contributed by atoms with Crippen LogP contribution in [0, 0.1) is 0 Å². The van der Waals surface area contributed by atoms with Crippen LogP contribution in [0.1, 0.15) is 25.7 Å². The summed E-state index contributed by atoms with van der Waals surface area (Å²) in [7, 11) is 0. The molecule has 1 atom stereocenters. The summed E-state index contributed by atoms with van der Waals surface area (Å²) in [5.74, 6) is 0. The van der Waals surface area contributed by atoms with Gasteiger partial charge in [-0.25, -0.2) is 0 Å².